The first-order chi connectivity index (χ1) is 13.1. The van der Waals surface area contributed by atoms with Crippen molar-refractivity contribution in [3.8, 4) is 11.1 Å². The maximum absolute atomic E-state index is 4.23. The van der Waals surface area contributed by atoms with E-state index in [0.717, 1.165) is 6.42 Å². The van der Waals surface area contributed by atoms with Gasteiger partial charge in [-0.05, 0) is 64.8 Å². The molecule has 0 bridgehead atoms. The van der Waals surface area contributed by atoms with Crippen LogP contribution in [0.1, 0.15) is 37.0 Å². The van der Waals surface area contributed by atoms with Gasteiger partial charge in [-0.1, -0.05) is 92.4 Å². The van der Waals surface area contributed by atoms with Gasteiger partial charge in [0.15, 0.2) is 0 Å². The third-order valence-corrected chi connectivity index (χ3v) is 6.04. The third-order valence-electron chi connectivity index (χ3n) is 6.04. The fourth-order valence-corrected chi connectivity index (χ4v) is 5.13. The van der Waals surface area contributed by atoms with E-state index in [-0.39, 0.29) is 5.41 Å². The fourth-order valence-electron chi connectivity index (χ4n) is 5.13. The summed E-state index contributed by atoms with van der Waals surface area (Å²) in [6.07, 6.45) is 9.50. The van der Waals surface area contributed by atoms with Crippen LogP contribution in [0, 0.1) is 6.92 Å². The van der Waals surface area contributed by atoms with E-state index in [1.807, 2.05) is 6.08 Å². The fraction of sp³-hybridized carbons (Fsp3) is 0.185. The van der Waals surface area contributed by atoms with E-state index in [1.54, 1.807) is 0 Å². The summed E-state index contributed by atoms with van der Waals surface area (Å²) in [4.78, 5) is 0. The van der Waals surface area contributed by atoms with Crippen LogP contribution in [0.2, 0.25) is 0 Å². The second-order valence-corrected chi connectivity index (χ2v) is 7.33. The molecule has 0 saturated carbocycles. The Morgan fingerprint density at radius 3 is 2.33 bits per heavy atom. The van der Waals surface area contributed by atoms with Crippen molar-refractivity contribution in [1.82, 2.24) is 0 Å². The molecule has 2 aromatic rings. The van der Waals surface area contributed by atoms with E-state index in [2.05, 4.69) is 94.6 Å². The van der Waals surface area contributed by atoms with E-state index in [4.69, 9.17) is 0 Å². The SMILES string of the molecule is C=CC1=C(C=C)C2(C(/C=C\C)=C1CC)c1ccccc1-c1cc(C)ccc12. The molecule has 1 unspecified atom stereocenters. The topological polar surface area (TPSA) is 0 Å². The van der Waals surface area contributed by atoms with Crippen molar-refractivity contribution in [2.24, 2.45) is 0 Å². The molecule has 2 aliphatic carbocycles. The van der Waals surface area contributed by atoms with Gasteiger partial charge in [0, 0.05) is 0 Å². The first-order valence-corrected chi connectivity index (χ1v) is 9.72. The molecule has 1 atom stereocenters. The van der Waals surface area contributed by atoms with Gasteiger partial charge in [-0.25, -0.2) is 0 Å². The zero-order valence-corrected chi connectivity index (χ0v) is 16.5. The van der Waals surface area contributed by atoms with Crippen LogP contribution in [0.15, 0.2) is 102 Å². The van der Waals surface area contributed by atoms with Crippen molar-refractivity contribution in [2.75, 3.05) is 0 Å². The molecule has 4 rings (SSSR count). The summed E-state index contributed by atoms with van der Waals surface area (Å²) in [6.45, 7) is 14.9. The molecule has 134 valence electrons. The first-order valence-electron chi connectivity index (χ1n) is 9.72. The van der Waals surface area contributed by atoms with Gasteiger partial charge in [0.1, 0.15) is 0 Å². The van der Waals surface area contributed by atoms with E-state index in [9.17, 15) is 0 Å². The summed E-state index contributed by atoms with van der Waals surface area (Å²) in [7, 11) is 0. The summed E-state index contributed by atoms with van der Waals surface area (Å²) in [5.74, 6) is 0. The summed E-state index contributed by atoms with van der Waals surface area (Å²) < 4.78 is 0. The molecule has 0 heteroatoms. The van der Waals surface area contributed by atoms with Crippen molar-refractivity contribution in [3.63, 3.8) is 0 Å². The Balaban J connectivity index is 2.25. The normalized spacial score (nSPS) is 20.6. The van der Waals surface area contributed by atoms with Gasteiger partial charge < -0.3 is 0 Å². The molecule has 1 spiro atoms. The van der Waals surface area contributed by atoms with Crippen LogP contribution in [0.4, 0.5) is 0 Å². The minimum Gasteiger partial charge on any atom is -0.0987 e. The summed E-state index contributed by atoms with van der Waals surface area (Å²) in [5.41, 5.74) is 11.6. The van der Waals surface area contributed by atoms with Crippen LogP contribution >= 0.6 is 0 Å². The van der Waals surface area contributed by atoms with Crippen molar-refractivity contribution in [2.45, 2.75) is 32.6 Å². The quantitative estimate of drug-likeness (QED) is 0.546. The van der Waals surface area contributed by atoms with Gasteiger partial charge in [0.05, 0.1) is 5.41 Å². The molecule has 0 nitrogen and oxygen atoms in total. The molecule has 0 aromatic heterocycles. The molecular formula is C27H26. The molecule has 0 saturated heterocycles. The highest BCUT2D eigenvalue weighted by Crippen LogP contribution is 2.62. The molecule has 0 heterocycles. The Bertz CT molecular complexity index is 1060. The Morgan fingerprint density at radius 2 is 1.67 bits per heavy atom. The Hall–Kier alpha value is -2.86. The summed E-state index contributed by atoms with van der Waals surface area (Å²) in [6, 6.07) is 15.7. The average Bonchev–Trinajstić information content (AvgIpc) is 3.13. The van der Waals surface area contributed by atoms with E-state index in [0.29, 0.717) is 0 Å². The second kappa shape index (κ2) is 6.39. The van der Waals surface area contributed by atoms with Crippen LogP contribution in [-0.2, 0) is 5.41 Å². The highest BCUT2D eigenvalue weighted by molar-refractivity contribution is 5.90. The van der Waals surface area contributed by atoms with E-state index >= 15 is 0 Å². The van der Waals surface area contributed by atoms with Crippen molar-refractivity contribution in [1.29, 1.82) is 0 Å². The Morgan fingerprint density at radius 1 is 0.926 bits per heavy atom. The highest BCUT2D eigenvalue weighted by Gasteiger charge is 2.51. The lowest BCUT2D eigenvalue weighted by Gasteiger charge is -2.32. The highest BCUT2D eigenvalue weighted by atomic mass is 14.5. The lowest BCUT2D eigenvalue weighted by molar-refractivity contribution is 0.776. The van der Waals surface area contributed by atoms with Crippen LogP contribution in [0.5, 0.6) is 0 Å². The second-order valence-electron chi connectivity index (χ2n) is 7.33. The number of aryl methyl sites for hydroxylation is 1. The van der Waals surface area contributed by atoms with E-state index < -0.39 is 0 Å². The van der Waals surface area contributed by atoms with E-state index in [1.165, 1.54) is 50.1 Å². The summed E-state index contributed by atoms with van der Waals surface area (Å²) in [5, 5.41) is 0. The zero-order chi connectivity index (χ0) is 19.2. The standard InChI is InChI=1S/C27H26/c1-6-12-24-20(8-3)19(7-2)23(9-4)27(24)25-14-11-10-13-21(25)22-17-18(5)15-16-26(22)27/h6-7,9-17H,2,4,8H2,1,3,5H3/b12-6-. The molecule has 0 radical (unpaired) electrons. The molecule has 2 aliphatic rings. The molecule has 0 aliphatic heterocycles. The first kappa shape index (κ1) is 17.5. The van der Waals surface area contributed by atoms with Crippen molar-refractivity contribution >= 4 is 0 Å². The van der Waals surface area contributed by atoms with Crippen LogP contribution in [0.25, 0.3) is 11.1 Å². The van der Waals surface area contributed by atoms with Gasteiger partial charge in [-0.2, -0.15) is 0 Å². The van der Waals surface area contributed by atoms with Gasteiger partial charge in [-0.3, -0.25) is 0 Å². The van der Waals surface area contributed by atoms with Gasteiger partial charge in [0.25, 0.3) is 0 Å². The molecule has 27 heavy (non-hydrogen) atoms. The van der Waals surface area contributed by atoms with Gasteiger partial charge in [0.2, 0.25) is 0 Å². The van der Waals surface area contributed by atoms with Crippen LogP contribution < -0.4 is 0 Å². The average molecular weight is 351 g/mol. The number of fused-ring (bicyclic) bond motifs is 5. The number of benzene rings is 2. The predicted octanol–water partition coefficient (Wildman–Crippen LogP) is 7.23. The lowest BCUT2D eigenvalue weighted by Crippen LogP contribution is -2.27. The van der Waals surface area contributed by atoms with Crippen LogP contribution in [-0.4, -0.2) is 0 Å². The zero-order valence-electron chi connectivity index (χ0n) is 16.5. The predicted molar refractivity (Wildman–Crippen MR) is 117 cm³/mol. The molecule has 0 fully saturated rings. The molecular weight excluding hydrogens is 324 g/mol. The summed E-state index contributed by atoms with van der Waals surface area (Å²) >= 11 is 0. The minimum absolute atomic E-state index is 0.289. The molecule has 0 N–H and O–H groups in total. The van der Waals surface area contributed by atoms with Gasteiger partial charge in [-0.15, -0.1) is 0 Å². The van der Waals surface area contributed by atoms with Crippen LogP contribution in [0.3, 0.4) is 0 Å². The Kier molecular flexibility index (Phi) is 4.15. The number of rotatable bonds is 4. The minimum atomic E-state index is -0.289. The monoisotopic (exact) mass is 350 g/mol. The lowest BCUT2D eigenvalue weighted by atomic mass is 9.68. The van der Waals surface area contributed by atoms with Gasteiger partial charge >= 0.3 is 0 Å². The molecule has 0 amide bonds. The number of hydrogen-bond acceptors (Lipinski definition) is 0. The number of allylic oxidation sites excluding steroid dienone is 8. The third kappa shape index (κ3) is 2.10. The maximum atomic E-state index is 4.23. The number of hydrogen-bond donors (Lipinski definition) is 0. The smallest absolute Gasteiger partial charge is 0.0721 e. The molecule has 2 aromatic carbocycles. The Labute approximate surface area is 163 Å². The van der Waals surface area contributed by atoms with Crippen molar-refractivity contribution < 1.29 is 0 Å². The van der Waals surface area contributed by atoms with Crippen molar-refractivity contribution in [3.05, 3.63) is 119 Å². The maximum Gasteiger partial charge on any atom is 0.0721 e. The largest absolute Gasteiger partial charge is 0.0987 e.